The molecule has 3 heterocycles. The Morgan fingerprint density at radius 2 is 2.23 bits per heavy atom. The predicted molar refractivity (Wildman–Crippen MR) is 109 cm³/mol. The van der Waals surface area contributed by atoms with Crippen molar-refractivity contribution in [1.82, 2.24) is 4.98 Å². The Hall–Kier alpha value is -1.47. The fourth-order valence-corrected chi connectivity index (χ4v) is 5.21. The molecule has 0 radical (unpaired) electrons. The van der Waals surface area contributed by atoms with Crippen LogP contribution < -0.4 is 4.90 Å². The second-order valence-electron chi connectivity index (χ2n) is 6.27. The number of carbonyl (C=O) groups is 1. The smallest absolute Gasteiger partial charge is 0.270 e. The first-order chi connectivity index (χ1) is 12.7. The van der Waals surface area contributed by atoms with Crippen molar-refractivity contribution in [2.24, 2.45) is 0 Å². The zero-order valence-electron chi connectivity index (χ0n) is 14.4. The number of nitrogens with zero attached hydrogens (tertiary/aromatic N) is 2. The number of hydrogen-bond donors (Lipinski definition) is 0. The minimum atomic E-state index is -0.0606. The molecule has 0 aliphatic carbocycles. The molecule has 1 unspecified atom stereocenters. The van der Waals surface area contributed by atoms with E-state index in [0.29, 0.717) is 15.8 Å². The van der Waals surface area contributed by atoms with Crippen LogP contribution in [0.15, 0.2) is 30.3 Å². The van der Waals surface area contributed by atoms with Gasteiger partial charge in [-0.2, -0.15) is 0 Å². The molecule has 1 saturated heterocycles. The third-order valence-electron chi connectivity index (χ3n) is 4.54. The van der Waals surface area contributed by atoms with E-state index in [1.807, 2.05) is 0 Å². The molecule has 1 aliphatic rings. The van der Waals surface area contributed by atoms with Gasteiger partial charge in [0.25, 0.3) is 5.91 Å². The van der Waals surface area contributed by atoms with Crippen LogP contribution in [0.2, 0.25) is 4.34 Å². The number of amides is 1. The molecular formula is C19H19ClN2O2S2. The Bertz CT molecular complexity index is 931. The summed E-state index contributed by atoms with van der Waals surface area (Å²) in [4.78, 5) is 20.4. The molecule has 4 rings (SSSR count). The monoisotopic (exact) mass is 406 g/mol. The van der Waals surface area contributed by atoms with Gasteiger partial charge >= 0.3 is 0 Å². The van der Waals surface area contributed by atoms with Gasteiger partial charge in [-0.25, -0.2) is 4.98 Å². The summed E-state index contributed by atoms with van der Waals surface area (Å²) < 4.78 is 7.49. The summed E-state index contributed by atoms with van der Waals surface area (Å²) in [5, 5.41) is 0.728. The van der Waals surface area contributed by atoms with Gasteiger partial charge in [-0.05, 0) is 43.0 Å². The van der Waals surface area contributed by atoms with Crippen LogP contribution in [0.3, 0.4) is 0 Å². The van der Waals surface area contributed by atoms with Crippen LogP contribution in [0.4, 0.5) is 5.13 Å². The predicted octanol–water partition coefficient (Wildman–Crippen LogP) is 5.40. The quantitative estimate of drug-likeness (QED) is 0.569. The fourth-order valence-electron chi connectivity index (χ4n) is 3.20. The molecule has 3 aromatic rings. The second-order valence-corrected chi connectivity index (χ2v) is 8.99. The summed E-state index contributed by atoms with van der Waals surface area (Å²) in [6, 6.07) is 9.75. The number of aryl methyl sites for hydroxylation is 1. The van der Waals surface area contributed by atoms with Gasteiger partial charge in [-0.3, -0.25) is 9.69 Å². The van der Waals surface area contributed by atoms with Crippen LogP contribution >= 0.6 is 34.3 Å². The Morgan fingerprint density at radius 1 is 1.35 bits per heavy atom. The minimum absolute atomic E-state index is 0.0606. The number of carbonyl (C=O) groups excluding carboxylic acids is 1. The van der Waals surface area contributed by atoms with E-state index < -0.39 is 0 Å². The topological polar surface area (TPSA) is 42.4 Å². The van der Waals surface area contributed by atoms with E-state index in [-0.39, 0.29) is 12.0 Å². The number of anilines is 1. The molecule has 7 heteroatoms. The number of aromatic nitrogens is 1. The second kappa shape index (κ2) is 7.64. The standard InChI is InChI=1S/C19H19ClN2O2S2/c1-2-12-5-3-7-14-17(12)21-19(26-14)22(11-13-6-4-10-24-13)18(23)15-8-9-16(20)25-15/h3,5,7-9,13H,2,4,6,10-11H2,1H3. The molecule has 4 nitrogen and oxygen atoms in total. The van der Waals surface area contributed by atoms with E-state index in [1.165, 1.54) is 16.9 Å². The minimum Gasteiger partial charge on any atom is -0.376 e. The van der Waals surface area contributed by atoms with Crippen molar-refractivity contribution in [3.8, 4) is 0 Å². The number of rotatable bonds is 5. The molecule has 26 heavy (non-hydrogen) atoms. The fraction of sp³-hybridized carbons (Fsp3) is 0.368. The lowest BCUT2D eigenvalue weighted by Gasteiger charge is -2.22. The van der Waals surface area contributed by atoms with Crippen molar-refractivity contribution in [3.63, 3.8) is 0 Å². The van der Waals surface area contributed by atoms with Gasteiger partial charge in [-0.1, -0.05) is 42.0 Å². The summed E-state index contributed by atoms with van der Waals surface area (Å²) in [5.41, 5.74) is 2.19. The van der Waals surface area contributed by atoms with E-state index in [4.69, 9.17) is 21.3 Å². The van der Waals surface area contributed by atoms with Gasteiger partial charge in [0.05, 0.1) is 32.1 Å². The summed E-state index contributed by atoms with van der Waals surface area (Å²) in [7, 11) is 0. The number of halogens is 1. The number of benzene rings is 1. The van der Waals surface area contributed by atoms with Crippen molar-refractivity contribution in [1.29, 1.82) is 0 Å². The molecule has 0 saturated carbocycles. The maximum Gasteiger partial charge on any atom is 0.270 e. The summed E-state index contributed by atoms with van der Waals surface area (Å²) in [6.45, 7) is 3.41. The number of para-hydroxylation sites is 1. The highest BCUT2D eigenvalue weighted by molar-refractivity contribution is 7.22. The molecular weight excluding hydrogens is 388 g/mol. The summed E-state index contributed by atoms with van der Waals surface area (Å²) in [5.74, 6) is -0.0606. The Balaban J connectivity index is 1.73. The normalized spacial score (nSPS) is 17.1. The zero-order valence-corrected chi connectivity index (χ0v) is 16.8. The molecule has 1 amide bonds. The van der Waals surface area contributed by atoms with Gasteiger partial charge < -0.3 is 4.74 Å². The molecule has 1 fully saturated rings. The molecule has 2 aromatic heterocycles. The largest absolute Gasteiger partial charge is 0.376 e. The van der Waals surface area contributed by atoms with Crippen LogP contribution in [0.25, 0.3) is 10.2 Å². The van der Waals surface area contributed by atoms with Gasteiger partial charge in [0.15, 0.2) is 5.13 Å². The Kier molecular flexibility index (Phi) is 5.27. The third-order valence-corrected chi connectivity index (χ3v) is 6.81. The van der Waals surface area contributed by atoms with Gasteiger partial charge in [0.1, 0.15) is 0 Å². The highest BCUT2D eigenvalue weighted by atomic mass is 35.5. The lowest BCUT2D eigenvalue weighted by Crippen LogP contribution is -2.37. The average molecular weight is 407 g/mol. The number of fused-ring (bicyclic) bond motifs is 1. The number of thiazole rings is 1. The molecule has 0 spiro atoms. The highest BCUT2D eigenvalue weighted by Crippen LogP contribution is 2.33. The van der Waals surface area contributed by atoms with Crippen LogP contribution in [0.1, 0.15) is 35.0 Å². The van der Waals surface area contributed by atoms with Gasteiger partial charge in [-0.15, -0.1) is 11.3 Å². The van der Waals surface area contributed by atoms with E-state index in [2.05, 4.69) is 25.1 Å². The third kappa shape index (κ3) is 3.51. The lowest BCUT2D eigenvalue weighted by molar-refractivity contribution is 0.0920. The molecule has 1 aliphatic heterocycles. The summed E-state index contributed by atoms with van der Waals surface area (Å²) >= 11 is 8.90. The van der Waals surface area contributed by atoms with Crippen LogP contribution in [-0.2, 0) is 11.2 Å². The van der Waals surface area contributed by atoms with E-state index in [9.17, 15) is 4.79 Å². The molecule has 0 N–H and O–H groups in total. The number of ether oxygens (including phenoxy) is 1. The van der Waals surface area contributed by atoms with Gasteiger partial charge in [0.2, 0.25) is 0 Å². The first-order valence-corrected chi connectivity index (χ1v) is 10.7. The SMILES string of the molecule is CCc1cccc2sc(N(CC3CCCO3)C(=O)c3ccc(Cl)s3)nc12. The van der Waals surface area contributed by atoms with E-state index >= 15 is 0 Å². The lowest BCUT2D eigenvalue weighted by atomic mass is 10.1. The average Bonchev–Trinajstić information content (AvgIpc) is 3.38. The van der Waals surface area contributed by atoms with Crippen molar-refractivity contribution in [2.45, 2.75) is 32.3 Å². The zero-order chi connectivity index (χ0) is 18.1. The Labute approximate surface area is 165 Å². The first-order valence-electron chi connectivity index (χ1n) is 8.73. The van der Waals surface area contributed by atoms with Crippen LogP contribution in [-0.4, -0.2) is 30.1 Å². The van der Waals surface area contributed by atoms with Gasteiger partial charge in [0, 0.05) is 6.61 Å². The Morgan fingerprint density at radius 3 is 2.92 bits per heavy atom. The highest BCUT2D eigenvalue weighted by Gasteiger charge is 2.28. The maximum atomic E-state index is 13.2. The van der Waals surface area contributed by atoms with E-state index in [1.54, 1.807) is 28.4 Å². The van der Waals surface area contributed by atoms with Crippen molar-refractivity contribution < 1.29 is 9.53 Å². The van der Waals surface area contributed by atoms with Crippen LogP contribution in [0.5, 0.6) is 0 Å². The molecule has 1 aromatic carbocycles. The van der Waals surface area contributed by atoms with E-state index in [0.717, 1.165) is 41.2 Å². The first kappa shape index (κ1) is 17.9. The number of thiophene rings is 1. The molecule has 1 atom stereocenters. The number of hydrogen-bond acceptors (Lipinski definition) is 5. The molecule has 136 valence electrons. The van der Waals surface area contributed by atoms with Crippen molar-refractivity contribution in [3.05, 3.63) is 45.1 Å². The van der Waals surface area contributed by atoms with Crippen molar-refractivity contribution in [2.75, 3.05) is 18.1 Å². The van der Waals surface area contributed by atoms with Crippen LogP contribution in [0, 0.1) is 0 Å². The molecule has 0 bridgehead atoms. The van der Waals surface area contributed by atoms with Crippen molar-refractivity contribution >= 4 is 55.5 Å². The maximum absolute atomic E-state index is 13.2. The summed E-state index contributed by atoms with van der Waals surface area (Å²) in [6.07, 6.45) is 2.99.